The lowest BCUT2D eigenvalue weighted by Gasteiger charge is -2.23. The van der Waals surface area contributed by atoms with Crippen molar-refractivity contribution in [1.29, 1.82) is 0 Å². The molecule has 4 atom stereocenters. The molecule has 2 heterocycles. The molecule has 2 aliphatic rings. The average molecular weight is 248 g/mol. The molecule has 0 aliphatic carbocycles. The van der Waals surface area contributed by atoms with E-state index in [1.54, 1.807) is 7.11 Å². The number of rotatable bonds is 4. The van der Waals surface area contributed by atoms with Crippen LogP contribution in [0.2, 0.25) is 0 Å². The smallest absolute Gasteiger partial charge is 0.186 e. The van der Waals surface area contributed by atoms with Crippen molar-refractivity contribution in [3.05, 3.63) is 0 Å². The molecule has 5 heteroatoms. The Morgan fingerprint density at radius 3 is 2.56 bits per heavy atom. The molecule has 0 bridgehead atoms. The summed E-state index contributed by atoms with van der Waals surface area (Å²) in [4.78, 5) is 0. The Hall–Kier alpha value is 0.190. The highest BCUT2D eigenvalue weighted by Crippen LogP contribution is 2.39. The summed E-state index contributed by atoms with van der Waals surface area (Å²) in [6.07, 6.45) is -0.322. The molecule has 94 valence electrons. The second-order valence-electron chi connectivity index (χ2n) is 4.50. The lowest BCUT2D eigenvalue weighted by molar-refractivity contribution is -0.224. The third-order valence-electron chi connectivity index (χ3n) is 2.83. The number of fused-ring (bicyclic) bond motifs is 1. The maximum atomic E-state index is 5.87. The minimum absolute atomic E-state index is 0.000926. The Bertz CT molecular complexity index is 246. The van der Waals surface area contributed by atoms with E-state index in [2.05, 4.69) is 6.92 Å². The quantitative estimate of drug-likeness (QED) is 0.756. The second-order valence-corrected chi connectivity index (χ2v) is 5.82. The molecule has 4 nitrogen and oxygen atoms in total. The van der Waals surface area contributed by atoms with Crippen molar-refractivity contribution in [1.82, 2.24) is 0 Å². The molecule has 2 fully saturated rings. The molecule has 0 unspecified atom stereocenters. The van der Waals surface area contributed by atoms with Crippen molar-refractivity contribution in [2.24, 2.45) is 0 Å². The summed E-state index contributed by atoms with van der Waals surface area (Å²) < 4.78 is 22.8. The van der Waals surface area contributed by atoms with Crippen molar-refractivity contribution in [3.63, 3.8) is 0 Å². The fourth-order valence-corrected chi connectivity index (χ4v) is 2.94. The standard InChI is InChI=1S/C11H20O4S/c1-5-16-6-7-8-9(10(12-4)13-7)15-11(2,3)14-8/h7-10H,5-6H2,1-4H3/t7-,8-,9-,10-/m1/s1. The van der Waals surface area contributed by atoms with Gasteiger partial charge in [0.15, 0.2) is 12.1 Å². The monoisotopic (exact) mass is 248 g/mol. The molecule has 0 N–H and O–H groups in total. The van der Waals surface area contributed by atoms with Crippen LogP contribution in [-0.4, -0.2) is 49.0 Å². The van der Waals surface area contributed by atoms with Gasteiger partial charge in [0.05, 0.1) is 6.10 Å². The van der Waals surface area contributed by atoms with Gasteiger partial charge >= 0.3 is 0 Å². The first kappa shape index (κ1) is 12.6. The molecule has 2 saturated heterocycles. The predicted molar refractivity (Wildman–Crippen MR) is 62.5 cm³/mol. The van der Waals surface area contributed by atoms with Gasteiger partial charge in [-0.1, -0.05) is 6.92 Å². The van der Waals surface area contributed by atoms with E-state index in [1.807, 2.05) is 25.6 Å². The van der Waals surface area contributed by atoms with Gasteiger partial charge in [0.25, 0.3) is 0 Å². The van der Waals surface area contributed by atoms with Crippen LogP contribution in [0.4, 0.5) is 0 Å². The number of hydrogen-bond acceptors (Lipinski definition) is 5. The third kappa shape index (κ3) is 2.38. The molecular formula is C11H20O4S. The van der Waals surface area contributed by atoms with Crippen molar-refractivity contribution in [2.75, 3.05) is 18.6 Å². The van der Waals surface area contributed by atoms with E-state index in [1.165, 1.54) is 0 Å². The maximum absolute atomic E-state index is 5.87. The lowest BCUT2D eigenvalue weighted by atomic mass is 10.2. The van der Waals surface area contributed by atoms with Gasteiger partial charge in [-0.15, -0.1) is 0 Å². The fraction of sp³-hybridized carbons (Fsp3) is 1.00. The van der Waals surface area contributed by atoms with Crippen LogP contribution in [0.15, 0.2) is 0 Å². The zero-order valence-electron chi connectivity index (χ0n) is 10.3. The number of hydrogen-bond donors (Lipinski definition) is 0. The van der Waals surface area contributed by atoms with E-state index < -0.39 is 5.79 Å². The van der Waals surface area contributed by atoms with E-state index in [4.69, 9.17) is 18.9 Å². The van der Waals surface area contributed by atoms with Gasteiger partial charge in [0.2, 0.25) is 0 Å². The number of ether oxygens (including phenoxy) is 4. The first-order chi connectivity index (χ1) is 7.57. The Balaban J connectivity index is 2.02. The van der Waals surface area contributed by atoms with Crippen LogP contribution in [-0.2, 0) is 18.9 Å². The highest BCUT2D eigenvalue weighted by molar-refractivity contribution is 7.99. The topological polar surface area (TPSA) is 36.9 Å². The third-order valence-corrected chi connectivity index (χ3v) is 3.80. The molecule has 2 aliphatic heterocycles. The maximum Gasteiger partial charge on any atom is 0.186 e. The fourth-order valence-electron chi connectivity index (χ4n) is 2.20. The van der Waals surface area contributed by atoms with Gasteiger partial charge in [-0.3, -0.25) is 0 Å². The molecular weight excluding hydrogens is 228 g/mol. The highest BCUT2D eigenvalue weighted by atomic mass is 32.2. The molecule has 2 rings (SSSR count). The normalized spacial score (nSPS) is 41.2. The Labute approximate surface area is 101 Å². The first-order valence-corrected chi connectivity index (χ1v) is 6.84. The van der Waals surface area contributed by atoms with Crippen molar-refractivity contribution < 1.29 is 18.9 Å². The zero-order chi connectivity index (χ0) is 11.8. The first-order valence-electron chi connectivity index (χ1n) is 5.69. The summed E-state index contributed by atoms with van der Waals surface area (Å²) in [5, 5.41) is 0. The molecule has 16 heavy (non-hydrogen) atoms. The summed E-state index contributed by atoms with van der Waals surface area (Å²) in [5.41, 5.74) is 0. The van der Waals surface area contributed by atoms with Crippen LogP contribution in [0.5, 0.6) is 0 Å². The minimum atomic E-state index is -0.523. The summed E-state index contributed by atoms with van der Waals surface area (Å²) in [5.74, 6) is 1.49. The molecule has 0 aromatic carbocycles. The summed E-state index contributed by atoms with van der Waals surface area (Å²) in [7, 11) is 1.64. The van der Waals surface area contributed by atoms with Crippen LogP contribution in [0, 0.1) is 0 Å². The summed E-state index contributed by atoms with van der Waals surface area (Å²) in [6, 6.07) is 0. The Kier molecular flexibility index (Phi) is 3.81. The SMILES string of the molecule is CCSC[C@H]1O[C@@H](OC)[C@@H]2OC(C)(C)O[C@@H]21. The lowest BCUT2D eigenvalue weighted by Crippen LogP contribution is -2.31. The number of thioether (sulfide) groups is 1. The van der Waals surface area contributed by atoms with E-state index in [0.717, 1.165) is 11.5 Å². The predicted octanol–water partition coefficient (Wildman–Crippen LogP) is 1.63. The van der Waals surface area contributed by atoms with Gasteiger partial charge in [0.1, 0.15) is 12.2 Å². The van der Waals surface area contributed by atoms with Crippen molar-refractivity contribution >= 4 is 11.8 Å². The van der Waals surface area contributed by atoms with Crippen LogP contribution in [0.1, 0.15) is 20.8 Å². The molecule has 0 saturated carbocycles. The van der Waals surface area contributed by atoms with E-state index in [-0.39, 0.29) is 24.6 Å². The minimum Gasteiger partial charge on any atom is -0.353 e. The van der Waals surface area contributed by atoms with Crippen molar-refractivity contribution in [2.45, 2.75) is 51.2 Å². The zero-order valence-corrected chi connectivity index (χ0v) is 11.1. The molecule has 0 spiro atoms. The van der Waals surface area contributed by atoms with Gasteiger partial charge in [-0.05, 0) is 19.6 Å². The second kappa shape index (κ2) is 4.82. The van der Waals surface area contributed by atoms with Crippen LogP contribution >= 0.6 is 11.8 Å². The van der Waals surface area contributed by atoms with Crippen molar-refractivity contribution in [3.8, 4) is 0 Å². The summed E-state index contributed by atoms with van der Waals surface area (Å²) >= 11 is 1.85. The highest BCUT2D eigenvalue weighted by Gasteiger charge is 2.55. The largest absolute Gasteiger partial charge is 0.353 e. The Morgan fingerprint density at radius 1 is 1.25 bits per heavy atom. The van der Waals surface area contributed by atoms with E-state index in [0.29, 0.717) is 0 Å². The Morgan fingerprint density at radius 2 is 1.94 bits per heavy atom. The molecule has 0 aromatic rings. The van der Waals surface area contributed by atoms with Gasteiger partial charge in [-0.2, -0.15) is 11.8 Å². The molecule has 0 aromatic heterocycles. The van der Waals surface area contributed by atoms with E-state index >= 15 is 0 Å². The molecule has 0 amide bonds. The van der Waals surface area contributed by atoms with Crippen LogP contribution in [0.25, 0.3) is 0 Å². The van der Waals surface area contributed by atoms with Crippen LogP contribution < -0.4 is 0 Å². The van der Waals surface area contributed by atoms with E-state index in [9.17, 15) is 0 Å². The number of methoxy groups -OCH3 is 1. The van der Waals surface area contributed by atoms with Crippen LogP contribution in [0.3, 0.4) is 0 Å². The molecule has 0 radical (unpaired) electrons. The summed E-state index contributed by atoms with van der Waals surface area (Å²) in [6.45, 7) is 6.00. The average Bonchev–Trinajstić information content (AvgIpc) is 2.69. The van der Waals surface area contributed by atoms with Gasteiger partial charge in [-0.25, -0.2) is 0 Å². The van der Waals surface area contributed by atoms with Gasteiger partial charge < -0.3 is 18.9 Å². The van der Waals surface area contributed by atoms with Gasteiger partial charge in [0, 0.05) is 12.9 Å².